The predicted molar refractivity (Wildman–Crippen MR) is 194 cm³/mol. The molecule has 5 rings (SSSR count). The number of ether oxygens (including phenoxy) is 5. The Balaban J connectivity index is 1.86. The zero-order valence-corrected chi connectivity index (χ0v) is 31.7. The van der Waals surface area contributed by atoms with Crippen molar-refractivity contribution in [2.75, 3.05) is 40.4 Å². The summed E-state index contributed by atoms with van der Waals surface area (Å²) in [7, 11) is 6.17. The normalized spacial score (nSPS) is 17.6. The molecule has 3 heterocycles. The summed E-state index contributed by atoms with van der Waals surface area (Å²) in [5.74, 6) is -3.32. The van der Waals surface area contributed by atoms with Gasteiger partial charge < -0.3 is 23.7 Å². The number of nitrogens with zero attached hydrogens (tertiary/aromatic N) is 1. The largest absolute Gasteiger partial charge is 0.497 e. The number of hydrogen-bond acceptors (Lipinski definition) is 13. The first-order valence-corrected chi connectivity index (χ1v) is 17.7. The molecule has 1 spiro atoms. The molecule has 0 radical (unpaired) electrons. The molecule has 11 nitrogen and oxygen atoms in total. The maximum atomic E-state index is 14.7. The number of hydrogen-bond donors (Lipinski definition) is 0. The van der Waals surface area contributed by atoms with E-state index in [0.717, 1.165) is 40.8 Å². The number of rotatable bonds is 6. The predicted octanol–water partition coefficient (Wildman–Crippen LogP) is 6.22. The average molecular weight is 740 g/mol. The van der Waals surface area contributed by atoms with Gasteiger partial charge in [0, 0.05) is 21.6 Å². The Morgan fingerprint density at radius 2 is 1.22 bits per heavy atom. The lowest BCUT2D eigenvalue weighted by Crippen LogP contribution is -2.53. The lowest BCUT2D eigenvalue weighted by atomic mass is 9.82. The zero-order chi connectivity index (χ0) is 36.9. The summed E-state index contributed by atoms with van der Waals surface area (Å²) < 4.78 is 24.5. The van der Waals surface area contributed by atoms with Crippen LogP contribution in [0.25, 0.3) is 5.57 Å². The van der Waals surface area contributed by atoms with Crippen molar-refractivity contribution in [3.63, 3.8) is 0 Å². The minimum Gasteiger partial charge on any atom is -0.497 e. The van der Waals surface area contributed by atoms with E-state index in [4.69, 9.17) is 23.7 Å². The van der Waals surface area contributed by atoms with Crippen molar-refractivity contribution in [2.24, 2.45) is 0 Å². The monoisotopic (exact) mass is 739 g/mol. The van der Waals surface area contributed by atoms with E-state index in [2.05, 4.69) is 20.8 Å². The first-order valence-electron chi connectivity index (χ1n) is 15.3. The molecule has 2 aromatic rings. The molecule has 50 heavy (non-hydrogen) atoms. The summed E-state index contributed by atoms with van der Waals surface area (Å²) in [4.78, 5) is 70.4. The van der Waals surface area contributed by atoms with Crippen LogP contribution in [-0.4, -0.2) is 75.0 Å². The van der Waals surface area contributed by atoms with Gasteiger partial charge in [-0.2, -0.15) is 0 Å². The van der Waals surface area contributed by atoms with Crippen LogP contribution in [0.4, 0.5) is 5.69 Å². The highest BCUT2D eigenvalue weighted by Crippen LogP contribution is 2.71. The SMILES string of the molecule is COC(=O)C1=C(C(=O)OC)SC2(S1)C(C(=O)OC)=C(C(=O)OC)SC1=C2c2cc(OC)ccc2N(C(=O)c2ccc(C(C)(C)C)cc2)C1(C)C. The standard InChI is InChI=1S/C36H37NO10S3/c1-34(2,3)19-13-11-18(12-14-19)29(38)37-22-16-15-20(43-6)17-21(22)23-28(35(37,4)5)48-25(31(40)45-8)24(30(39)44-7)36(23)49-26(32(41)46-9)27(50-36)33(42)47-10/h11-17H,1-10H3. The fraction of sp³-hybridized carbons (Fsp3) is 0.361. The van der Waals surface area contributed by atoms with Gasteiger partial charge in [-0.3, -0.25) is 9.69 Å². The van der Waals surface area contributed by atoms with Gasteiger partial charge in [-0.15, -0.1) is 0 Å². The summed E-state index contributed by atoms with van der Waals surface area (Å²) in [5, 5.41) is 0. The Morgan fingerprint density at radius 1 is 0.700 bits per heavy atom. The number of methoxy groups -OCH3 is 5. The van der Waals surface area contributed by atoms with Crippen LogP contribution in [0, 0.1) is 0 Å². The second-order valence-electron chi connectivity index (χ2n) is 12.9. The topological polar surface area (TPSA) is 135 Å². The molecule has 0 aliphatic carbocycles. The summed E-state index contributed by atoms with van der Waals surface area (Å²) in [6.07, 6.45) is 0. The molecule has 0 aromatic heterocycles. The molecule has 3 aliphatic heterocycles. The Kier molecular flexibility index (Phi) is 10.0. The van der Waals surface area contributed by atoms with Crippen molar-refractivity contribution in [3.05, 3.63) is 84.3 Å². The van der Waals surface area contributed by atoms with Gasteiger partial charge in [0.2, 0.25) is 0 Å². The minimum absolute atomic E-state index is 0.130. The second-order valence-corrected chi connectivity index (χ2v) is 16.6. The first kappa shape index (κ1) is 37.1. The van der Waals surface area contributed by atoms with Gasteiger partial charge in [-0.05, 0) is 55.2 Å². The van der Waals surface area contributed by atoms with Crippen molar-refractivity contribution >= 4 is 76.3 Å². The maximum absolute atomic E-state index is 14.7. The van der Waals surface area contributed by atoms with Gasteiger partial charge in [0.25, 0.3) is 5.91 Å². The molecule has 0 N–H and O–H groups in total. The number of thioether (sulfide) groups is 3. The van der Waals surface area contributed by atoms with Gasteiger partial charge in [0.15, 0.2) is 0 Å². The van der Waals surface area contributed by atoms with Crippen molar-refractivity contribution in [1.82, 2.24) is 0 Å². The fourth-order valence-corrected chi connectivity index (χ4v) is 11.1. The summed E-state index contributed by atoms with van der Waals surface area (Å²) >= 11 is 2.69. The van der Waals surface area contributed by atoms with Crippen molar-refractivity contribution in [1.29, 1.82) is 0 Å². The second kappa shape index (κ2) is 13.5. The van der Waals surface area contributed by atoms with Crippen molar-refractivity contribution in [3.8, 4) is 5.75 Å². The third-order valence-corrected chi connectivity index (χ3v) is 13.2. The van der Waals surface area contributed by atoms with Crippen LogP contribution in [0.5, 0.6) is 5.75 Å². The molecule has 2 aromatic carbocycles. The van der Waals surface area contributed by atoms with Crippen LogP contribution < -0.4 is 9.64 Å². The summed E-state index contributed by atoms with van der Waals surface area (Å²) in [5.41, 5.74) is 1.40. The van der Waals surface area contributed by atoms with Gasteiger partial charge in [0.05, 0.1) is 52.3 Å². The highest BCUT2D eigenvalue weighted by molar-refractivity contribution is 8.26. The van der Waals surface area contributed by atoms with Crippen LogP contribution in [0.2, 0.25) is 0 Å². The molecule has 0 saturated heterocycles. The Morgan fingerprint density at radius 3 is 1.70 bits per heavy atom. The molecule has 0 saturated carbocycles. The van der Waals surface area contributed by atoms with E-state index in [1.54, 1.807) is 35.2 Å². The molecule has 264 valence electrons. The Bertz CT molecular complexity index is 1890. The molecular weight excluding hydrogens is 703 g/mol. The van der Waals surface area contributed by atoms with Gasteiger partial charge in [0.1, 0.15) is 24.5 Å². The molecule has 0 unspecified atom stereocenters. The lowest BCUT2D eigenvalue weighted by Gasteiger charge is -2.50. The molecule has 14 heteroatoms. The van der Waals surface area contributed by atoms with Crippen LogP contribution in [0.15, 0.2) is 67.7 Å². The number of fused-ring (bicyclic) bond motifs is 3. The average Bonchev–Trinajstić information content (AvgIpc) is 3.49. The third kappa shape index (κ3) is 5.90. The highest BCUT2D eigenvalue weighted by atomic mass is 32.2. The molecule has 3 aliphatic rings. The highest BCUT2D eigenvalue weighted by Gasteiger charge is 2.62. The number of anilines is 1. The molecule has 0 fully saturated rings. The summed E-state index contributed by atoms with van der Waals surface area (Å²) in [6.45, 7) is 9.92. The fourth-order valence-electron chi connectivity index (χ4n) is 6.03. The van der Waals surface area contributed by atoms with Crippen LogP contribution in [0.3, 0.4) is 0 Å². The van der Waals surface area contributed by atoms with E-state index >= 15 is 0 Å². The number of esters is 4. The number of carbonyl (C=O) groups excluding carboxylic acids is 5. The number of amides is 1. The first-order chi connectivity index (χ1) is 23.5. The molecule has 1 amide bonds. The van der Waals surface area contributed by atoms with Gasteiger partial charge >= 0.3 is 23.9 Å². The summed E-state index contributed by atoms with van der Waals surface area (Å²) in [6, 6.07) is 12.6. The van der Waals surface area contributed by atoms with E-state index in [0.29, 0.717) is 33.0 Å². The Hall–Kier alpha value is -4.14. The van der Waals surface area contributed by atoms with Crippen molar-refractivity contribution < 1.29 is 47.7 Å². The number of carbonyl (C=O) groups is 5. The van der Waals surface area contributed by atoms with E-state index in [1.807, 2.05) is 26.0 Å². The number of benzene rings is 2. The van der Waals surface area contributed by atoms with Crippen LogP contribution in [0.1, 0.15) is 56.1 Å². The van der Waals surface area contributed by atoms with Gasteiger partial charge in [-0.25, -0.2) is 19.2 Å². The van der Waals surface area contributed by atoms with E-state index in [-0.39, 0.29) is 31.6 Å². The Labute approximate surface area is 303 Å². The molecule has 0 atom stereocenters. The molecule has 0 bridgehead atoms. The van der Waals surface area contributed by atoms with E-state index in [9.17, 15) is 24.0 Å². The lowest BCUT2D eigenvalue weighted by molar-refractivity contribution is -0.138. The van der Waals surface area contributed by atoms with E-state index < -0.39 is 33.5 Å². The maximum Gasteiger partial charge on any atom is 0.345 e. The molecular formula is C36H37NO10S3. The quantitative estimate of drug-likeness (QED) is 0.245. The smallest absolute Gasteiger partial charge is 0.345 e. The van der Waals surface area contributed by atoms with Crippen molar-refractivity contribution in [2.45, 2.75) is 49.7 Å². The van der Waals surface area contributed by atoms with Gasteiger partial charge in [-0.1, -0.05) is 68.2 Å². The third-order valence-electron chi connectivity index (χ3n) is 8.55. The van der Waals surface area contributed by atoms with E-state index in [1.165, 1.54) is 35.5 Å². The zero-order valence-electron chi connectivity index (χ0n) is 29.3. The minimum atomic E-state index is -1.70. The van der Waals surface area contributed by atoms with Crippen LogP contribution in [-0.2, 0) is 43.5 Å². The van der Waals surface area contributed by atoms with Crippen LogP contribution >= 0.6 is 35.3 Å².